The molecule has 0 saturated carbocycles. The summed E-state index contributed by atoms with van der Waals surface area (Å²) in [6.07, 6.45) is 1.83. The van der Waals surface area contributed by atoms with Gasteiger partial charge in [0, 0.05) is 32.8 Å². The maximum Gasteiger partial charge on any atom is 0.191 e. The van der Waals surface area contributed by atoms with E-state index in [2.05, 4.69) is 29.5 Å². The van der Waals surface area contributed by atoms with E-state index in [0.717, 1.165) is 37.5 Å². The van der Waals surface area contributed by atoms with Crippen molar-refractivity contribution < 1.29 is 14.2 Å². The molecular formula is C22H37FN4O2. The average Bonchev–Trinajstić information content (AvgIpc) is 2.70. The molecule has 1 aliphatic rings. The topological polar surface area (TPSA) is 69.1 Å². The Morgan fingerprint density at radius 1 is 1.28 bits per heavy atom. The number of aliphatic imine (C=N–C) groups is 1. The van der Waals surface area contributed by atoms with Crippen molar-refractivity contribution in [3.8, 4) is 0 Å². The molecule has 1 aromatic rings. The van der Waals surface area contributed by atoms with Crippen LogP contribution in [0.4, 0.5) is 10.1 Å². The molecule has 1 atom stereocenters. The number of hydrogen-bond acceptors (Lipinski definition) is 4. The van der Waals surface area contributed by atoms with Gasteiger partial charge in [0.15, 0.2) is 5.96 Å². The summed E-state index contributed by atoms with van der Waals surface area (Å²) in [6, 6.07) is 5.35. The first kappa shape index (κ1) is 23.4. The molecule has 1 heterocycles. The number of aliphatic hydroxyl groups is 1. The Bertz CT molecular complexity index is 633. The van der Waals surface area contributed by atoms with E-state index >= 15 is 0 Å². The van der Waals surface area contributed by atoms with E-state index in [1.165, 1.54) is 0 Å². The third-order valence-corrected chi connectivity index (χ3v) is 5.03. The molecule has 1 aromatic carbocycles. The molecule has 3 N–H and O–H groups in total. The standard InChI is InChI=1S/C22H37FN4O2/c1-4-24-22(26-16-19(7-10-28)13-17(2)3)25-15-18-5-6-21(20(23)14-18)27-8-11-29-12-9-27/h5-6,14,17,19,28H,4,7-13,15-16H2,1-3H3,(H2,24,25,26). The third kappa shape index (κ3) is 8.19. The first-order valence-corrected chi connectivity index (χ1v) is 10.8. The largest absolute Gasteiger partial charge is 0.396 e. The van der Waals surface area contributed by atoms with Crippen LogP contribution in [0, 0.1) is 17.7 Å². The lowest BCUT2D eigenvalue weighted by Crippen LogP contribution is -2.40. The normalized spacial score (nSPS) is 16.2. The molecule has 1 aliphatic heterocycles. The minimum atomic E-state index is -0.211. The van der Waals surface area contributed by atoms with Crippen molar-refractivity contribution in [2.45, 2.75) is 40.2 Å². The molecule has 29 heavy (non-hydrogen) atoms. The maximum atomic E-state index is 14.6. The van der Waals surface area contributed by atoms with E-state index in [4.69, 9.17) is 4.74 Å². The molecule has 0 spiro atoms. The smallest absolute Gasteiger partial charge is 0.191 e. The van der Waals surface area contributed by atoms with E-state index in [1.54, 1.807) is 6.07 Å². The lowest BCUT2D eigenvalue weighted by atomic mass is 9.94. The molecule has 0 radical (unpaired) electrons. The van der Waals surface area contributed by atoms with Crippen LogP contribution in [0.5, 0.6) is 0 Å². The van der Waals surface area contributed by atoms with E-state index in [9.17, 15) is 9.50 Å². The predicted octanol–water partition coefficient (Wildman–Crippen LogP) is 2.76. The fraction of sp³-hybridized carbons (Fsp3) is 0.682. The SMILES string of the molecule is CCNC(=NCc1ccc(N2CCOCC2)c(F)c1)NCC(CCO)CC(C)C. The minimum absolute atomic E-state index is 0.196. The van der Waals surface area contributed by atoms with Crippen LogP contribution in [0.3, 0.4) is 0 Å². The summed E-state index contributed by atoms with van der Waals surface area (Å²) in [5.41, 5.74) is 1.47. The lowest BCUT2D eigenvalue weighted by Gasteiger charge is -2.29. The molecule has 1 unspecified atom stereocenters. The molecule has 1 fully saturated rings. The Labute approximate surface area is 174 Å². The number of hydrogen-bond donors (Lipinski definition) is 3. The van der Waals surface area contributed by atoms with Crippen LogP contribution < -0.4 is 15.5 Å². The van der Waals surface area contributed by atoms with Gasteiger partial charge < -0.3 is 25.4 Å². The van der Waals surface area contributed by atoms with Gasteiger partial charge in [-0.2, -0.15) is 0 Å². The van der Waals surface area contributed by atoms with Crippen molar-refractivity contribution in [1.82, 2.24) is 10.6 Å². The summed E-state index contributed by atoms with van der Waals surface area (Å²) in [7, 11) is 0. The highest BCUT2D eigenvalue weighted by Gasteiger charge is 2.15. The monoisotopic (exact) mass is 408 g/mol. The molecule has 7 heteroatoms. The van der Waals surface area contributed by atoms with Crippen LogP contribution >= 0.6 is 0 Å². The number of nitrogens with one attached hydrogen (secondary N) is 2. The highest BCUT2D eigenvalue weighted by atomic mass is 19.1. The van der Waals surface area contributed by atoms with Crippen molar-refractivity contribution >= 4 is 11.6 Å². The number of guanidine groups is 1. The highest BCUT2D eigenvalue weighted by Crippen LogP contribution is 2.22. The van der Waals surface area contributed by atoms with Gasteiger partial charge in [-0.1, -0.05) is 19.9 Å². The fourth-order valence-electron chi connectivity index (χ4n) is 3.62. The van der Waals surface area contributed by atoms with Crippen molar-refractivity contribution in [2.75, 3.05) is 50.9 Å². The van der Waals surface area contributed by atoms with Crippen LogP contribution in [-0.2, 0) is 11.3 Å². The number of ether oxygens (including phenoxy) is 1. The quantitative estimate of drug-likeness (QED) is 0.410. The summed E-state index contributed by atoms with van der Waals surface area (Å²) in [5.74, 6) is 1.49. The van der Waals surface area contributed by atoms with Gasteiger partial charge in [0.25, 0.3) is 0 Å². The van der Waals surface area contributed by atoms with Crippen LogP contribution in [-0.4, -0.2) is 57.1 Å². The number of anilines is 1. The second kappa shape index (κ2) is 12.6. The zero-order chi connectivity index (χ0) is 21.1. The number of aliphatic hydroxyl groups excluding tert-OH is 1. The van der Waals surface area contributed by atoms with Crippen molar-refractivity contribution in [1.29, 1.82) is 0 Å². The van der Waals surface area contributed by atoms with Crippen molar-refractivity contribution in [3.05, 3.63) is 29.6 Å². The Morgan fingerprint density at radius 2 is 2.03 bits per heavy atom. The van der Waals surface area contributed by atoms with E-state index in [0.29, 0.717) is 50.4 Å². The predicted molar refractivity (Wildman–Crippen MR) is 117 cm³/mol. The van der Waals surface area contributed by atoms with Gasteiger partial charge in [-0.15, -0.1) is 0 Å². The Hall–Kier alpha value is -1.86. The van der Waals surface area contributed by atoms with E-state index in [1.807, 2.05) is 24.0 Å². The van der Waals surface area contributed by atoms with Gasteiger partial charge >= 0.3 is 0 Å². The number of nitrogens with zero attached hydrogens (tertiary/aromatic N) is 2. The number of benzene rings is 1. The Morgan fingerprint density at radius 3 is 2.66 bits per heavy atom. The first-order valence-electron chi connectivity index (χ1n) is 10.8. The number of morpholine rings is 1. The molecule has 0 aromatic heterocycles. The zero-order valence-electron chi connectivity index (χ0n) is 18.1. The second-order valence-corrected chi connectivity index (χ2v) is 7.97. The first-order chi connectivity index (χ1) is 14.0. The third-order valence-electron chi connectivity index (χ3n) is 5.03. The molecule has 164 valence electrons. The van der Waals surface area contributed by atoms with Crippen LogP contribution in [0.25, 0.3) is 0 Å². The molecule has 6 nitrogen and oxygen atoms in total. The van der Waals surface area contributed by atoms with Gasteiger partial charge in [0.1, 0.15) is 5.82 Å². The van der Waals surface area contributed by atoms with E-state index in [-0.39, 0.29) is 12.4 Å². The summed E-state index contributed by atoms with van der Waals surface area (Å²) < 4.78 is 19.9. The maximum absolute atomic E-state index is 14.6. The number of halogens is 1. The molecular weight excluding hydrogens is 371 g/mol. The minimum Gasteiger partial charge on any atom is -0.396 e. The Balaban J connectivity index is 1.97. The molecule has 0 aliphatic carbocycles. The van der Waals surface area contributed by atoms with Crippen LogP contribution in [0.1, 0.15) is 39.2 Å². The summed E-state index contributed by atoms with van der Waals surface area (Å²) in [4.78, 5) is 6.63. The van der Waals surface area contributed by atoms with Crippen LogP contribution in [0.2, 0.25) is 0 Å². The summed E-state index contributed by atoms with van der Waals surface area (Å²) in [6.45, 7) is 11.2. The highest BCUT2D eigenvalue weighted by molar-refractivity contribution is 5.79. The molecule has 0 amide bonds. The summed E-state index contributed by atoms with van der Waals surface area (Å²) in [5, 5.41) is 15.9. The van der Waals surface area contributed by atoms with Gasteiger partial charge in [0.2, 0.25) is 0 Å². The second-order valence-electron chi connectivity index (χ2n) is 7.97. The molecule has 1 saturated heterocycles. The van der Waals surface area contributed by atoms with Gasteiger partial charge in [-0.3, -0.25) is 0 Å². The van der Waals surface area contributed by atoms with Crippen molar-refractivity contribution in [2.24, 2.45) is 16.8 Å². The average molecular weight is 409 g/mol. The molecule has 2 rings (SSSR count). The molecule has 0 bridgehead atoms. The van der Waals surface area contributed by atoms with Crippen molar-refractivity contribution in [3.63, 3.8) is 0 Å². The van der Waals surface area contributed by atoms with E-state index < -0.39 is 0 Å². The van der Waals surface area contributed by atoms with Gasteiger partial charge in [0.05, 0.1) is 25.4 Å². The zero-order valence-corrected chi connectivity index (χ0v) is 18.1. The fourth-order valence-corrected chi connectivity index (χ4v) is 3.62. The number of rotatable bonds is 10. The lowest BCUT2D eigenvalue weighted by molar-refractivity contribution is 0.122. The summed E-state index contributed by atoms with van der Waals surface area (Å²) >= 11 is 0. The van der Waals surface area contributed by atoms with Gasteiger partial charge in [-0.25, -0.2) is 9.38 Å². The van der Waals surface area contributed by atoms with Gasteiger partial charge in [-0.05, 0) is 49.3 Å². The Kier molecular flexibility index (Phi) is 10.2. The van der Waals surface area contributed by atoms with Crippen LogP contribution in [0.15, 0.2) is 23.2 Å².